The average Bonchev–Trinajstić information content (AvgIpc) is 3.11. The minimum Gasteiger partial charge on any atom is -0.454 e. The average molecular weight is 316 g/mol. The molecule has 1 heterocycles. The third-order valence-electron chi connectivity index (χ3n) is 4.12. The van der Waals surface area contributed by atoms with E-state index in [9.17, 15) is 4.79 Å². The Morgan fingerprint density at radius 2 is 1.50 bits per heavy atom. The van der Waals surface area contributed by atoms with E-state index in [-0.39, 0.29) is 12.6 Å². The van der Waals surface area contributed by atoms with Gasteiger partial charge in [-0.3, -0.25) is 4.79 Å². The molecule has 0 saturated carbocycles. The van der Waals surface area contributed by atoms with Crippen molar-refractivity contribution in [3.8, 4) is 22.6 Å². The quantitative estimate of drug-likeness (QED) is 0.664. The van der Waals surface area contributed by atoms with Gasteiger partial charge in [0.15, 0.2) is 17.3 Å². The zero-order chi connectivity index (χ0) is 16.4. The molecule has 3 aromatic carbocycles. The summed E-state index contributed by atoms with van der Waals surface area (Å²) in [4.78, 5) is 12.3. The van der Waals surface area contributed by atoms with Gasteiger partial charge in [-0.15, -0.1) is 0 Å². The van der Waals surface area contributed by atoms with E-state index in [2.05, 4.69) is 0 Å². The monoisotopic (exact) mass is 316 g/mol. The molecule has 3 nitrogen and oxygen atoms in total. The summed E-state index contributed by atoms with van der Waals surface area (Å²) in [5.74, 6) is 1.69. The lowest BCUT2D eigenvalue weighted by atomic mass is 9.99. The second-order valence-electron chi connectivity index (χ2n) is 5.73. The van der Waals surface area contributed by atoms with Crippen molar-refractivity contribution < 1.29 is 14.3 Å². The fraction of sp³-hybridized carbons (Fsp3) is 0.0952. The first-order valence-electron chi connectivity index (χ1n) is 7.87. The van der Waals surface area contributed by atoms with Crippen molar-refractivity contribution in [3.63, 3.8) is 0 Å². The molecule has 0 spiro atoms. The number of fused-ring (bicyclic) bond motifs is 1. The van der Waals surface area contributed by atoms with E-state index in [1.54, 1.807) is 0 Å². The van der Waals surface area contributed by atoms with Crippen LogP contribution >= 0.6 is 0 Å². The predicted molar refractivity (Wildman–Crippen MR) is 92.5 cm³/mol. The van der Waals surface area contributed by atoms with Crippen molar-refractivity contribution >= 4 is 5.78 Å². The van der Waals surface area contributed by atoms with Gasteiger partial charge in [-0.25, -0.2) is 0 Å². The van der Waals surface area contributed by atoms with Crippen LogP contribution in [0.5, 0.6) is 11.5 Å². The second-order valence-corrected chi connectivity index (χ2v) is 5.73. The molecule has 0 radical (unpaired) electrons. The van der Waals surface area contributed by atoms with Crippen molar-refractivity contribution in [2.45, 2.75) is 6.42 Å². The predicted octanol–water partition coefficient (Wildman–Crippen LogP) is 4.51. The van der Waals surface area contributed by atoms with Crippen LogP contribution in [0, 0.1) is 0 Å². The van der Waals surface area contributed by atoms with Gasteiger partial charge in [0.2, 0.25) is 6.79 Å². The number of ketones is 1. The van der Waals surface area contributed by atoms with Crippen molar-refractivity contribution in [1.29, 1.82) is 0 Å². The van der Waals surface area contributed by atoms with Crippen LogP contribution in [0.1, 0.15) is 15.9 Å². The summed E-state index contributed by atoms with van der Waals surface area (Å²) in [5, 5.41) is 0. The van der Waals surface area contributed by atoms with E-state index in [1.807, 2.05) is 72.8 Å². The highest BCUT2D eigenvalue weighted by molar-refractivity contribution is 5.97. The van der Waals surface area contributed by atoms with E-state index in [4.69, 9.17) is 9.47 Å². The Bertz CT molecular complexity index is 867. The smallest absolute Gasteiger partial charge is 0.231 e. The van der Waals surface area contributed by atoms with Gasteiger partial charge in [0, 0.05) is 12.0 Å². The second kappa shape index (κ2) is 6.20. The third-order valence-corrected chi connectivity index (χ3v) is 4.12. The molecule has 0 amide bonds. The largest absolute Gasteiger partial charge is 0.454 e. The molecule has 0 bridgehead atoms. The number of hydrogen-bond donors (Lipinski definition) is 0. The number of hydrogen-bond acceptors (Lipinski definition) is 3. The zero-order valence-electron chi connectivity index (χ0n) is 13.1. The Labute approximate surface area is 140 Å². The maximum absolute atomic E-state index is 12.3. The Kier molecular flexibility index (Phi) is 3.75. The topological polar surface area (TPSA) is 35.5 Å². The summed E-state index contributed by atoms with van der Waals surface area (Å²) in [7, 11) is 0. The standard InChI is InChI=1S/C21H16O3/c22-19(17-4-2-1-3-5-17)12-15-6-8-16(9-7-15)18-10-11-20-21(13-18)24-14-23-20/h1-11,13H,12,14H2. The summed E-state index contributed by atoms with van der Waals surface area (Å²) in [6.45, 7) is 0.277. The van der Waals surface area contributed by atoms with Crippen molar-refractivity contribution in [1.82, 2.24) is 0 Å². The van der Waals surface area contributed by atoms with Gasteiger partial charge in [0.1, 0.15) is 0 Å². The molecule has 3 aromatic rings. The first kappa shape index (κ1) is 14.5. The molecule has 0 aromatic heterocycles. The first-order chi connectivity index (χ1) is 11.8. The molecular weight excluding hydrogens is 300 g/mol. The Hall–Kier alpha value is -3.07. The number of ether oxygens (including phenoxy) is 2. The van der Waals surface area contributed by atoms with Gasteiger partial charge in [0.05, 0.1) is 0 Å². The number of Topliss-reactive ketones (excluding diaryl/α,β-unsaturated/α-hetero) is 1. The lowest BCUT2D eigenvalue weighted by Gasteiger charge is -2.06. The van der Waals surface area contributed by atoms with Crippen molar-refractivity contribution in [2.75, 3.05) is 6.79 Å². The van der Waals surface area contributed by atoms with E-state index in [1.165, 1.54) is 0 Å². The molecule has 118 valence electrons. The lowest BCUT2D eigenvalue weighted by Crippen LogP contribution is -2.02. The highest BCUT2D eigenvalue weighted by atomic mass is 16.7. The van der Waals surface area contributed by atoms with Crippen LogP contribution in [0.25, 0.3) is 11.1 Å². The normalized spacial score (nSPS) is 12.2. The number of carbonyl (C=O) groups excluding carboxylic acids is 1. The van der Waals surface area contributed by atoms with Gasteiger partial charge in [-0.1, -0.05) is 60.7 Å². The van der Waals surface area contributed by atoms with Gasteiger partial charge in [-0.05, 0) is 28.8 Å². The molecular formula is C21H16O3. The van der Waals surface area contributed by atoms with Crippen LogP contribution in [-0.2, 0) is 6.42 Å². The summed E-state index contributed by atoms with van der Waals surface area (Å²) < 4.78 is 10.8. The molecule has 0 aliphatic carbocycles. The van der Waals surface area contributed by atoms with Gasteiger partial charge in [-0.2, -0.15) is 0 Å². The maximum Gasteiger partial charge on any atom is 0.231 e. The summed E-state index contributed by atoms with van der Waals surface area (Å²) >= 11 is 0. The minimum absolute atomic E-state index is 0.131. The zero-order valence-corrected chi connectivity index (χ0v) is 13.1. The van der Waals surface area contributed by atoms with Crippen LogP contribution in [0.2, 0.25) is 0 Å². The summed E-state index contributed by atoms with van der Waals surface area (Å²) in [6.07, 6.45) is 0.408. The van der Waals surface area contributed by atoms with Crippen LogP contribution in [0.15, 0.2) is 72.8 Å². The molecule has 0 N–H and O–H groups in total. The summed E-state index contributed by atoms with van der Waals surface area (Å²) in [6, 6.07) is 23.4. The van der Waals surface area contributed by atoms with Crippen LogP contribution in [-0.4, -0.2) is 12.6 Å². The highest BCUT2D eigenvalue weighted by Gasteiger charge is 2.14. The van der Waals surface area contributed by atoms with E-state index in [0.29, 0.717) is 6.42 Å². The molecule has 0 saturated heterocycles. The fourth-order valence-electron chi connectivity index (χ4n) is 2.80. The fourth-order valence-corrected chi connectivity index (χ4v) is 2.80. The minimum atomic E-state index is 0.131. The Balaban J connectivity index is 1.52. The molecule has 1 aliphatic rings. The third kappa shape index (κ3) is 2.88. The molecule has 0 atom stereocenters. The van der Waals surface area contributed by atoms with Crippen molar-refractivity contribution in [3.05, 3.63) is 83.9 Å². The SMILES string of the molecule is O=C(Cc1ccc(-c2ccc3c(c2)OCO3)cc1)c1ccccc1. The van der Waals surface area contributed by atoms with Crippen LogP contribution in [0.3, 0.4) is 0 Å². The molecule has 24 heavy (non-hydrogen) atoms. The number of benzene rings is 3. The molecule has 4 rings (SSSR count). The van der Waals surface area contributed by atoms with E-state index in [0.717, 1.165) is 33.8 Å². The van der Waals surface area contributed by atoms with Crippen molar-refractivity contribution in [2.24, 2.45) is 0 Å². The maximum atomic E-state index is 12.3. The molecule has 1 aliphatic heterocycles. The van der Waals surface area contributed by atoms with Crippen LogP contribution < -0.4 is 9.47 Å². The Morgan fingerprint density at radius 1 is 0.792 bits per heavy atom. The van der Waals surface area contributed by atoms with Gasteiger partial charge < -0.3 is 9.47 Å². The van der Waals surface area contributed by atoms with E-state index >= 15 is 0 Å². The number of rotatable bonds is 4. The van der Waals surface area contributed by atoms with Gasteiger partial charge in [0.25, 0.3) is 0 Å². The molecule has 3 heteroatoms. The lowest BCUT2D eigenvalue weighted by molar-refractivity contribution is 0.0993. The molecule has 0 fully saturated rings. The summed E-state index contributed by atoms with van der Waals surface area (Å²) in [5.41, 5.74) is 3.91. The molecule has 0 unspecified atom stereocenters. The van der Waals surface area contributed by atoms with Crippen LogP contribution in [0.4, 0.5) is 0 Å². The highest BCUT2D eigenvalue weighted by Crippen LogP contribution is 2.35. The van der Waals surface area contributed by atoms with Gasteiger partial charge >= 0.3 is 0 Å². The van der Waals surface area contributed by atoms with E-state index < -0.39 is 0 Å². The first-order valence-corrected chi connectivity index (χ1v) is 7.87. The number of carbonyl (C=O) groups is 1. The Morgan fingerprint density at radius 3 is 2.29 bits per heavy atom.